The summed E-state index contributed by atoms with van der Waals surface area (Å²) in [5.74, 6) is 0.467. The van der Waals surface area contributed by atoms with Gasteiger partial charge >= 0.3 is 0 Å². The van der Waals surface area contributed by atoms with Crippen molar-refractivity contribution in [3.05, 3.63) is 0 Å². The zero-order chi connectivity index (χ0) is 11.7. The van der Waals surface area contributed by atoms with Crippen molar-refractivity contribution in [2.45, 2.75) is 63.6 Å². The molecule has 0 aromatic carbocycles. The van der Waals surface area contributed by atoms with E-state index in [1.807, 2.05) is 0 Å². The Morgan fingerprint density at radius 1 is 1.12 bits per heavy atom. The van der Waals surface area contributed by atoms with Crippen molar-refractivity contribution in [3.63, 3.8) is 0 Å². The maximum absolute atomic E-state index is 12.0. The molecule has 0 aromatic heterocycles. The van der Waals surface area contributed by atoms with Gasteiger partial charge in [-0.25, -0.2) is 0 Å². The normalized spacial score (nSPS) is 33.6. The molecule has 17 heavy (non-hydrogen) atoms. The fourth-order valence-corrected chi connectivity index (χ4v) is 3.62. The molecule has 2 aliphatic carbocycles. The molecule has 0 aromatic rings. The van der Waals surface area contributed by atoms with E-state index >= 15 is 0 Å². The van der Waals surface area contributed by atoms with E-state index in [-0.39, 0.29) is 11.5 Å². The van der Waals surface area contributed by atoms with Gasteiger partial charge in [-0.15, -0.1) is 0 Å². The van der Waals surface area contributed by atoms with Crippen LogP contribution in [0.25, 0.3) is 0 Å². The van der Waals surface area contributed by atoms with Crippen LogP contribution >= 0.6 is 0 Å². The van der Waals surface area contributed by atoms with E-state index in [0.717, 1.165) is 38.9 Å². The van der Waals surface area contributed by atoms with Crippen LogP contribution in [0.5, 0.6) is 0 Å². The van der Waals surface area contributed by atoms with Gasteiger partial charge in [0.2, 0.25) is 0 Å². The second-order valence-electron chi connectivity index (χ2n) is 5.78. The van der Waals surface area contributed by atoms with Crippen LogP contribution in [0.3, 0.4) is 0 Å². The number of hydrogen-bond acceptors (Lipinski definition) is 3. The van der Waals surface area contributed by atoms with E-state index < -0.39 is 0 Å². The summed E-state index contributed by atoms with van der Waals surface area (Å²) in [6.07, 6.45) is 9.06. The molecule has 1 saturated heterocycles. The Bertz CT molecular complexity index is 288. The molecule has 96 valence electrons. The van der Waals surface area contributed by atoms with E-state index in [1.54, 1.807) is 0 Å². The summed E-state index contributed by atoms with van der Waals surface area (Å²) >= 11 is 0. The lowest BCUT2D eigenvalue weighted by Gasteiger charge is -2.51. The zero-order valence-electron chi connectivity index (χ0n) is 10.5. The van der Waals surface area contributed by atoms with E-state index in [9.17, 15) is 4.79 Å². The van der Waals surface area contributed by atoms with Crippen LogP contribution in [-0.4, -0.2) is 31.2 Å². The lowest BCUT2D eigenvalue weighted by molar-refractivity contribution is -0.184. The van der Waals surface area contributed by atoms with Crippen molar-refractivity contribution in [3.8, 4) is 0 Å². The maximum atomic E-state index is 12.0. The number of ether oxygens (including phenoxy) is 2. The molecule has 1 spiro atoms. The van der Waals surface area contributed by atoms with Crippen LogP contribution in [0.15, 0.2) is 0 Å². The highest BCUT2D eigenvalue weighted by molar-refractivity contribution is 5.92. The fourth-order valence-electron chi connectivity index (χ4n) is 3.62. The number of carbonyl (C=O) groups excluding carboxylic acids is 1. The molecule has 1 aliphatic heterocycles. The van der Waals surface area contributed by atoms with Crippen LogP contribution in [-0.2, 0) is 14.3 Å². The minimum atomic E-state index is -0.0729. The molecule has 3 fully saturated rings. The highest BCUT2D eigenvalue weighted by atomic mass is 16.5. The maximum Gasteiger partial charge on any atom is 0.144 e. The molecule has 1 atom stereocenters. The molecule has 3 heteroatoms. The second kappa shape index (κ2) is 4.69. The van der Waals surface area contributed by atoms with E-state index in [0.29, 0.717) is 18.3 Å². The monoisotopic (exact) mass is 238 g/mol. The van der Waals surface area contributed by atoms with Gasteiger partial charge in [-0.05, 0) is 25.7 Å². The summed E-state index contributed by atoms with van der Waals surface area (Å²) in [5.41, 5.74) is -0.0729. The highest BCUT2D eigenvalue weighted by Crippen LogP contribution is 2.51. The van der Waals surface area contributed by atoms with Gasteiger partial charge in [0.1, 0.15) is 5.78 Å². The molecule has 0 N–H and O–H groups in total. The number of ketones is 1. The van der Waals surface area contributed by atoms with Crippen LogP contribution in [0.2, 0.25) is 0 Å². The third-order valence-corrected chi connectivity index (χ3v) is 4.81. The predicted octanol–water partition coefficient (Wildman–Crippen LogP) is 2.47. The molecule has 0 bridgehead atoms. The summed E-state index contributed by atoms with van der Waals surface area (Å²) in [5, 5.41) is 0. The van der Waals surface area contributed by atoms with E-state index in [4.69, 9.17) is 9.47 Å². The number of hydrogen-bond donors (Lipinski definition) is 0. The summed E-state index contributed by atoms with van der Waals surface area (Å²) < 4.78 is 11.5. The SMILES string of the molecule is O=C1CC(OC2CCOCC2)C12CCCCC2. The predicted molar refractivity (Wildman–Crippen MR) is 63.9 cm³/mol. The first-order valence-corrected chi connectivity index (χ1v) is 7.08. The molecule has 3 nitrogen and oxygen atoms in total. The lowest BCUT2D eigenvalue weighted by Crippen LogP contribution is -2.57. The Hall–Kier alpha value is -0.410. The molecular weight excluding hydrogens is 216 g/mol. The first-order valence-electron chi connectivity index (χ1n) is 7.08. The van der Waals surface area contributed by atoms with E-state index in [2.05, 4.69) is 0 Å². The first-order chi connectivity index (χ1) is 8.31. The van der Waals surface area contributed by atoms with Crippen LogP contribution in [0.1, 0.15) is 51.4 Å². The number of carbonyl (C=O) groups is 1. The summed E-state index contributed by atoms with van der Waals surface area (Å²) in [6, 6.07) is 0. The minimum absolute atomic E-state index is 0.0729. The largest absolute Gasteiger partial charge is 0.381 e. The smallest absolute Gasteiger partial charge is 0.144 e. The molecule has 3 rings (SSSR count). The molecule has 0 radical (unpaired) electrons. The second-order valence-corrected chi connectivity index (χ2v) is 5.78. The van der Waals surface area contributed by atoms with Crippen molar-refractivity contribution in [1.29, 1.82) is 0 Å². The van der Waals surface area contributed by atoms with Crippen LogP contribution in [0, 0.1) is 5.41 Å². The molecular formula is C14H22O3. The van der Waals surface area contributed by atoms with Gasteiger partial charge in [0.15, 0.2) is 0 Å². The Morgan fingerprint density at radius 2 is 1.82 bits per heavy atom. The Kier molecular flexibility index (Phi) is 3.22. The summed E-state index contributed by atoms with van der Waals surface area (Å²) in [7, 11) is 0. The quantitative estimate of drug-likeness (QED) is 0.741. The van der Waals surface area contributed by atoms with Crippen molar-refractivity contribution in [1.82, 2.24) is 0 Å². The average Bonchev–Trinajstić information content (AvgIpc) is 2.41. The Balaban J connectivity index is 1.61. The molecule has 1 unspecified atom stereocenters. The highest BCUT2D eigenvalue weighted by Gasteiger charge is 2.55. The topological polar surface area (TPSA) is 35.5 Å². The van der Waals surface area contributed by atoms with E-state index in [1.165, 1.54) is 19.3 Å². The third kappa shape index (κ3) is 2.04. The van der Waals surface area contributed by atoms with Gasteiger partial charge in [-0.3, -0.25) is 4.79 Å². The summed E-state index contributed by atoms with van der Waals surface area (Å²) in [6.45, 7) is 1.64. The zero-order valence-corrected chi connectivity index (χ0v) is 10.5. The van der Waals surface area contributed by atoms with Gasteiger partial charge in [0.05, 0.1) is 17.6 Å². The standard InChI is InChI=1S/C14H22O3/c15-12-10-13(14(12)6-2-1-3-7-14)17-11-4-8-16-9-5-11/h11,13H,1-10H2. The summed E-state index contributed by atoms with van der Waals surface area (Å²) in [4.78, 5) is 12.0. The fraction of sp³-hybridized carbons (Fsp3) is 0.929. The number of rotatable bonds is 2. The molecule has 1 heterocycles. The Morgan fingerprint density at radius 3 is 2.47 bits per heavy atom. The minimum Gasteiger partial charge on any atom is -0.381 e. The molecule has 2 saturated carbocycles. The van der Waals surface area contributed by atoms with Gasteiger partial charge in [-0.2, -0.15) is 0 Å². The van der Waals surface area contributed by atoms with Gasteiger partial charge in [0.25, 0.3) is 0 Å². The first kappa shape index (κ1) is 11.7. The average molecular weight is 238 g/mol. The number of Topliss-reactive ketones (excluding diaryl/α,β-unsaturated/α-hetero) is 1. The molecule has 3 aliphatic rings. The van der Waals surface area contributed by atoms with Crippen LogP contribution in [0.4, 0.5) is 0 Å². The van der Waals surface area contributed by atoms with Crippen molar-refractivity contribution < 1.29 is 14.3 Å². The van der Waals surface area contributed by atoms with Gasteiger partial charge in [0, 0.05) is 19.6 Å². The lowest BCUT2D eigenvalue weighted by atomic mass is 9.57. The van der Waals surface area contributed by atoms with Crippen molar-refractivity contribution in [2.24, 2.45) is 5.41 Å². The van der Waals surface area contributed by atoms with Gasteiger partial charge in [-0.1, -0.05) is 19.3 Å². The van der Waals surface area contributed by atoms with Gasteiger partial charge < -0.3 is 9.47 Å². The van der Waals surface area contributed by atoms with Crippen molar-refractivity contribution >= 4 is 5.78 Å². The van der Waals surface area contributed by atoms with Crippen LogP contribution < -0.4 is 0 Å². The third-order valence-electron chi connectivity index (χ3n) is 4.81. The van der Waals surface area contributed by atoms with Crippen molar-refractivity contribution in [2.75, 3.05) is 13.2 Å². The Labute approximate surface area is 103 Å². The molecule has 0 amide bonds.